The number of hydrogen-bond donors (Lipinski definition) is 1. The first kappa shape index (κ1) is 27.3. The SMILES string of the molecule is CC[C@H](C(=O)NC(C)(C)C)N(Cc1c(Cl)cccc1Cl)C(=O)CCCOc1ccc(Cl)cc1. The van der Waals surface area contributed by atoms with E-state index in [4.69, 9.17) is 39.5 Å². The van der Waals surface area contributed by atoms with Crippen LogP contribution in [0.25, 0.3) is 0 Å². The molecule has 2 rings (SSSR count). The monoisotopic (exact) mass is 512 g/mol. The molecule has 0 aliphatic rings. The van der Waals surface area contributed by atoms with Crippen molar-refractivity contribution in [2.45, 2.75) is 65.1 Å². The van der Waals surface area contributed by atoms with Gasteiger partial charge in [0.05, 0.1) is 6.61 Å². The Morgan fingerprint density at radius 1 is 1.03 bits per heavy atom. The fourth-order valence-corrected chi connectivity index (χ4v) is 3.96. The van der Waals surface area contributed by atoms with Crippen molar-refractivity contribution in [3.05, 3.63) is 63.1 Å². The Kier molecular flexibility index (Phi) is 10.3. The van der Waals surface area contributed by atoms with Crippen molar-refractivity contribution in [1.82, 2.24) is 10.2 Å². The van der Waals surface area contributed by atoms with Gasteiger partial charge in [-0.05, 0) is 70.0 Å². The molecule has 0 saturated carbocycles. The van der Waals surface area contributed by atoms with Crippen LogP contribution in [0.15, 0.2) is 42.5 Å². The minimum absolute atomic E-state index is 0.144. The van der Waals surface area contributed by atoms with Crippen molar-refractivity contribution in [2.24, 2.45) is 0 Å². The summed E-state index contributed by atoms with van der Waals surface area (Å²) in [6.07, 6.45) is 1.16. The van der Waals surface area contributed by atoms with Gasteiger partial charge in [-0.3, -0.25) is 9.59 Å². The first-order chi connectivity index (χ1) is 15.5. The number of ether oxygens (including phenoxy) is 1. The average molecular weight is 514 g/mol. The van der Waals surface area contributed by atoms with E-state index in [1.165, 1.54) is 0 Å². The van der Waals surface area contributed by atoms with E-state index in [1.54, 1.807) is 47.4 Å². The number of rotatable bonds is 10. The van der Waals surface area contributed by atoms with E-state index in [0.29, 0.717) is 45.8 Å². The van der Waals surface area contributed by atoms with Gasteiger partial charge in [0.2, 0.25) is 11.8 Å². The second-order valence-corrected chi connectivity index (χ2v) is 10.0. The van der Waals surface area contributed by atoms with Crippen molar-refractivity contribution >= 4 is 46.6 Å². The Morgan fingerprint density at radius 2 is 1.64 bits per heavy atom. The normalized spacial score (nSPS) is 12.2. The molecule has 0 unspecified atom stereocenters. The van der Waals surface area contributed by atoms with Crippen LogP contribution in [0.4, 0.5) is 0 Å². The molecule has 33 heavy (non-hydrogen) atoms. The van der Waals surface area contributed by atoms with Gasteiger partial charge < -0.3 is 15.0 Å². The van der Waals surface area contributed by atoms with Crippen molar-refractivity contribution in [1.29, 1.82) is 0 Å². The Bertz CT molecular complexity index is 923. The van der Waals surface area contributed by atoms with Crippen LogP contribution < -0.4 is 10.1 Å². The van der Waals surface area contributed by atoms with Gasteiger partial charge in [-0.15, -0.1) is 0 Å². The lowest BCUT2D eigenvalue weighted by Crippen LogP contribution is -2.53. The fraction of sp³-hybridized carbons (Fsp3) is 0.440. The van der Waals surface area contributed by atoms with Crippen molar-refractivity contribution in [2.75, 3.05) is 6.61 Å². The van der Waals surface area contributed by atoms with Crippen LogP contribution in [-0.2, 0) is 16.1 Å². The van der Waals surface area contributed by atoms with E-state index < -0.39 is 11.6 Å². The Labute approximate surface area is 211 Å². The maximum Gasteiger partial charge on any atom is 0.243 e. The third-order valence-corrected chi connectivity index (χ3v) is 5.85. The molecule has 0 fully saturated rings. The summed E-state index contributed by atoms with van der Waals surface area (Å²) in [5.74, 6) is 0.308. The summed E-state index contributed by atoms with van der Waals surface area (Å²) < 4.78 is 5.70. The zero-order valence-corrected chi connectivity index (χ0v) is 21.7. The van der Waals surface area contributed by atoms with Crippen LogP contribution in [0.2, 0.25) is 15.1 Å². The molecule has 0 spiro atoms. The van der Waals surface area contributed by atoms with E-state index in [1.807, 2.05) is 27.7 Å². The molecule has 5 nitrogen and oxygen atoms in total. The molecule has 180 valence electrons. The van der Waals surface area contributed by atoms with E-state index in [2.05, 4.69) is 5.32 Å². The molecule has 0 radical (unpaired) electrons. The van der Waals surface area contributed by atoms with Gasteiger partial charge in [0.1, 0.15) is 11.8 Å². The topological polar surface area (TPSA) is 58.6 Å². The van der Waals surface area contributed by atoms with Crippen LogP contribution in [0, 0.1) is 0 Å². The predicted molar refractivity (Wildman–Crippen MR) is 135 cm³/mol. The number of nitrogens with one attached hydrogen (secondary N) is 1. The number of benzene rings is 2. The first-order valence-electron chi connectivity index (χ1n) is 10.9. The molecule has 0 saturated heterocycles. The van der Waals surface area contributed by atoms with Crippen molar-refractivity contribution < 1.29 is 14.3 Å². The quantitative estimate of drug-likeness (QED) is 0.368. The van der Waals surface area contributed by atoms with Gasteiger partial charge in [-0.2, -0.15) is 0 Å². The smallest absolute Gasteiger partial charge is 0.243 e. The zero-order chi connectivity index (χ0) is 24.6. The Balaban J connectivity index is 2.14. The summed E-state index contributed by atoms with van der Waals surface area (Å²) in [7, 11) is 0. The van der Waals surface area contributed by atoms with Crippen LogP contribution in [0.5, 0.6) is 5.75 Å². The molecule has 0 aliphatic heterocycles. The minimum Gasteiger partial charge on any atom is -0.494 e. The molecule has 2 aromatic carbocycles. The molecule has 1 N–H and O–H groups in total. The Morgan fingerprint density at radius 3 is 2.18 bits per heavy atom. The first-order valence-corrected chi connectivity index (χ1v) is 12.1. The number of halogens is 3. The third kappa shape index (κ3) is 8.73. The number of carbonyl (C=O) groups excluding carboxylic acids is 2. The maximum atomic E-state index is 13.3. The second kappa shape index (κ2) is 12.5. The molecular formula is C25H31Cl3N2O3. The van der Waals surface area contributed by atoms with E-state index in [0.717, 1.165) is 0 Å². The summed E-state index contributed by atoms with van der Waals surface area (Å²) in [4.78, 5) is 27.9. The molecule has 0 aliphatic carbocycles. The van der Waals surface area contributed by atoms with Gasteiger partial charge in [-0.25, -0.2) is 0 Å². The number of carbonyl (C=O) groups is 2. The molecule has 2 amide bonds. The number of nitrogens with zero attached hydrogens (tertiary/aromatic N) is 1. The standard InChI is InChI=1S/C25H31Cl3N2O3/c1-5-22(24(32)29-25(2,3)4)30(16-19-20(27)8-6-9-21(19)28)23(31)10-7-15-33-18-13-11-17(26)12-14-18/h6,8-9,11-14,22H,5,7,10,15-16H2,1-4H3,(H,29,32)/t22-/m1/s1. The summed E-state index contributed by atoms with van der Waals surface area (Å²) in [5.41, 5.74) is 0.196. The van der Waals surface area contributed by atoms with Crippen LogP contribution >= 0.6 is 34.8 Å². The summed E-state index contributed by atoms with van der Waals surface area (Å²) >= 11 is 18.6. The number of amides is 2. The maximum absolute atomic E-state index is 13.3. The summed E-state index contributed by atoms with van der Waals surface area (Å²) in [5, 5.41) is 4.52. The minimum atomic E-state index is -0.652. The summed E-state index contributed by atoms with van der Waals surface area (Å²) in [6.45, 7) is 8.10. The highest BCUT2D eigenvalue weighted by molar-refractivity contribution is 6.36. The lowest BCUT2D eigenvalue weighted by molar-refractivity contribution is -0.142. The highest BCUT2D eigenvalue weighted by atomic mass is 35.5. The van der Waals surface area contributed by atoms with E-state index >= 15 is 0 Å². The van der Waals surface area contributed by atoms with Gasteiger partial charge in [-0.1, -0.05) is 47.8 Å². The molecule has 0 bridgehead atoms. The lowest BCUT2D eigenvalue weighted by Gasteiger charge is -2.33. The van der Waals surface area contributed by atoms with Crippen molar-refractivity contribution in [3.63, 3.8) is 0 Å². The molecular weight excluding hydrogens is 483 g/mol. The van der Waals surface area contributed by atoms with Crippen LogP contribution in [-0.4, -0.2) is 34.9 Å². The van der Waals surface area contributed by atoms with Crippen LogP contribution in [0.3, 0.4) is 0 Å². The molecule has 1 atom stereocenters. The third-order valence-electron chi connectivity index (χ3n) is 4.89. The molecule has 8 heteroatoms. The van der Waals surface area contributed by atoms with Gasteiger partial charge in [0.15, 0.2) is 0 Å². The Hall–Kier alpha value is -1.95. The molecule has 0 heterocycles. The van der Waals surface area contributed by atoms with Crippen molar-refractivity contribution in [3.8, 4) is 5.75 Å². The van der Waals surface area contributed by atoms with E-state index in [-0.39, 0.29) is 24.8 Å². The van der Waals surface area contributed by atoms with E-state index in [9.17, 15) is 9.59 Å². The molecule has 2 aromatic rings. The predicted octanol–water partition coefficient (Wildman–Crippen LogP) is 6.53. The largest absolute Gasteiger partial charge is 0.494 e. The highest BCUT2D eigenvalue weighted by Crippen LogP contribution is 2.27. The average Bonchev–Trinajstić information content (AvgIpc) is 2.73. The fourth-order valence-electron chi connectivity index (χ4n) is 3.31. The molecule has 0 aromatic heterocycles. The van der Waals surface area contributed by atoms with Gasteiger partial charge in [0.25, 0.3) is 0 Å². The van der Waals surface area contributed by atoms with Crippen LogP contribution in [0.1, 0.15) is 52.5 Å². The second-order valence-electron chi connectivity index (χ2n) is 8.79. The highest BCUT2D eigenvalue weighted by Gasteiger charge is 2.31. The summed E-state index contributed by atoms with van der Waals surface area (Å²) in [6, 6.07) is 11.6. The number of hydrogen-bond acceptors (Lipinski definition) is 3. The lowest BCUT2D eigenvalue weighted by atomic mass is 10.0. The van der Waals surface area contributed by atoms with Gasteiger partial charge >= 0.3 is 0 Å². The zero-order valence-electron chi connectivity index (χ0n) is 19.5. The van der Waals surface area contributed by atoms with Gasteiger partial charge in [0, 0.05) is 39.1 Å².